The highest BCUT2D eigenvalue weighted by Crippen LogP contribution is 2.35. The minimum absolute atomic E-state index is 0.132. The summed E-state index contributed by atoms with van der Waals surface area (Å²) in [6.07, 6.45) is 4.83. The molecule has 2 nitrogen and oxygen atoms in total. The minimum Gasteiger partial charge on any atom is -0.366 e. The lowest BCUT2D eigenvalue weighted by Crippen LogP contribution is -2.38. The van der Waals surface area contributed by atoms with Crippen LogP contribution in [0.2, 0.25) is 0 Å². The molecule has 1 saturated carbocycles. The van der Waals surface area contributed by atoms with Crippen LogP contribution < -0.4 is 10.6 Å². The molecule has 0 heterocycles. The van der Waals surface area contributed by atoms with Crippen molar-refractivity contribution in [3.8, 4) is 0 Å². The average molecular weight is 278 g/mol. The van der Waals surface area contributed by atoms with E-state index in [2.05, 4.69) is 18.7 Å². The van der Waals surface area contributed by atoms with Crippen molar-refractivity contribution in [2.75, 3.05) is 11.4 Å². The summed E-state index contributed by atoms with van der Waals surface area (Å²) in [6, 6.07) is 5.61. The Balaban J connectivity index is 2.41. The molecular weight excluding hydrogens is 251 g/mol. The summed E-state index contributed by atoms with van der Waals surface area (Å²) >= 11 is 0. The van der Waals surface area contributed by atoms with Gasteiger partial charge in [-0.05, 0) is 37.3 Å². The summed E-state index contributed by atoms with van der Waals surface area (Å²) in [5.41, 5.74) is 7.72. The van der Waals surface area contributed by atoms with E-state index in [1.54, 1.807) is 12.1 Å². The number of nitrogens with zero attached hydrogens (tertiary/aromatic N) is 1. The Morgan fingerprint density at radius 1 is 1.25 bits per heavy atom. The molecule has 0 aromatic heterocycles. The molecule has 0 bridgehead atoms. The van der Waals surface area contributed by atoms with Crippen molar-refractivity contribution < 1.29 is 4.39 Å². The summed E-state index contributed by atoms with van der Waals surface area (Å²) in [7, 11) is 0. The molecule has 112 valence electrons. The van der Waals surface area contributed by atoms with E-state index < -0.39 is 0 Å². The Morgan fingerprint density at radius 2 is 1.90 bits per heavy atom. The fraction of sp³-hybridized carbons (Fsp3) is 0.647. The van der Waals surface area contributed by atoms with Gasteiger partial charge in [0.1, 0.15) is 5.82 Å². The zero-order valence-electron chi connectivity index (χ0n) is 12.9. The van der Waals surface area contributed by atoms with Crippen LogP contribution in [0.4, 0.5) is 10.1 Å². The first-order valence-electron chi connectivity index (χ1n) is 7.81. The molecule has 0 radical (unpaired) electrons. The Bertz CT molecular complexity index is 437. The summed E-state index contributed by atoms with van der Waals surface area (Å²) in [6.45, 7) is 7.20. The third-order valence-corrected chi connectivity index (χ3v) is 4.12. The molecule has 1 aromatic rings. The van der Waals surface area contributed by atoms with Crippen LogP contribution in [0.25, 0.3) is 0 Å². The fourth-order valence-electron chi connectivity index (χ4n) is 3.23. The van der Waals surface area contributed by atoms with Gasteiger partial charge in [-0.15, -0.1) is 0 Å². The van der Waals surface area contributed by atoms with E-state index in [0.717, 1.165) is 17.8 Å². The Morgan fingerprint density at radius 3 is 2.45 bits per heavy atom. The van der Waals surface area contributed by atoms with Crippen molar-refractivity contribution in [1.29, 1.82) is 0 Å². The standard InChI is InChI=1S/C17H27FN2/c1-12(2)11-20(14-7-4-5-8-14)17-15(13(3)19)9-6-10-16(17)18/h6,9-10,12-14H,4-5,7-8,11,19H2,1-3H3/t13-/m1/s1. The van der Waals surface area contributed by atoms with Crippen LogP contribution in [0, 0.1) is 11.7 Å². The van der Waals surface area contributed by atoms with E-state index in [0.29, 0.717) is 12.0 Å². The second-order valence-corrected chi connectivity index (χ2v) is 6.45. The number of rotatable bonds is 5. The van der Waals surface area contributed by atoms with Crippen LogP contribution in [-0.2, 0) is 0 Å². The Labute approximate surface area is 122 Å². The van der Waals surface area contributed by atoms with E-state index in [1.165, 1.54) is 25.7 Å². The molecule has 1 aliphatic carbocycles. The van der Waals surface area contributed by atoms with Crippen molar-refractivity contribution in [2.24, 2.45) is 11.7 Å². The van der Waals surface area contributed by atoms with Crippen LogP contribution in [0.3, 0.4) is 0 Å². The number of benzene rings is 1. The van der Waals surface area contributed by atoms with Gasteiger partial charge in [0.15, 0.2) is 0 Å². The molecule has 2 rings (SSSR count). The lowest BCUT2D eigenvalue weighted by Gasteiger charge is -2.35. The van der Waals surface area contributed by atoms with Crippen LogP contribution in [-0.4, -0.2) is 12.6 Å². The molecule has 1 atom stereocenters. The molecule has 20 heavy (non-hydrogen) atoms. The quantitative estimate of drug-likeness (QED) is 0.872. The van der Waals surface area contributed by atoms with Crippen LogP contribution in [0.5, 0.6) is 0 Å². The highest BCUT2D eigenvalue weighted by atomic mass is 19.1. The molecular formula is C17H27FN2. The summed E-state index contributed by atoms with van der Waals surface area (Å²) in [4.78, 5) is 2.28. The maximum atomic E-state index is 14.5. The van der Waals surface area contributed by atoms with Gasteiger partial charge in [-0.1, -0.05) is 38.8 Å². The van der Waals surface area contributed by atoms with Gasteiger partial charge in [-0.25, -0.2) is 4.39 Å². The van der Waals surface area contributed by atoms with Crippen LogP contribution >= 0.6 is 0 Å². The average Bonchev–Trinajstić information content (AvgIpc) is 2.89. The monoisotopic (exact) mass is 278 g/mol. The van der Waals surface area contributed by atoms with E-state index in [9.17, 15) is 4.39 Å². The SMILES string of the molecule is CC(C)CN(c1c(F)cccc1[C@@H](C)N)C1CCCC1. The highest BCUT2D eigenvalue weighted by molar-refractivity contribution is 5.57. The number of halogens is 1. The molecule has 0 amide bonds. The lowest BCUT2D eigenvalue weighted by molar-refractivity contribution is 0.516. The van der Waals surface area contributed by atoms with Crippen molar-refractivity contribution in [3.63, 3.8) is 0 Å². The maximum absolute atomic E-state index is 14.5. The van der Waals surface area contributed by atoms with Gasteiger partial charge in [0, 0.05) is 18.6 Å². The second kappa shape index (κ2) is 6.57. The molecule has 1 aliphatic rings. The van der Waals surface area contributed by atoms with E-state index >= 15 is 0 Å². The zero-order chi connectivity index (χ0) is 14.7. The fourth-order valence-corrected chi connectivity index (χ4v) is 3.23. The van der Waals surface area contributed by atoms with E-state index in [-0.39, 0.29) is 11.9 Å². The van der Waals surface area contributed by atoms with Gasteiger partial charge in [0.25, 0.3) is 0 Å². The molecule has 1 aromatic carbocycles. The first-order chi connectivity index (χ1) is 9.50. The molecule has 3 heteroatoms. The number of hydrogen-bond donors (Lipinski definition) is 1. The Kier molecular flexibility index (Phi) is 5.03. The van der Waals surface area contributed by atoms with Gasteiger partial charge in [-0.3, -0.25) is 0 Å². The van der Waals surface area contributed by atoms with Crippen molar-refractivity contribution in [2.45, 2.75) is 58.5 Å². The number of para-hydroxylation sites is 1. The van der Waals surface area contributed by atoms with E-state index in [4.69, 9.17) is 5.73 Å². The second-order valence-electron chi connectivity index (χ2n) is 6.45. The van der Waals surface area contributed by atoms with Crippen LogP contribution in [0.1, 0.15) is 58.1 Å². The number of hydrogen-bond acceptors (Lipinski definition) is 2. The van der Waals surface area contributed by atoms with Crippen molar-refractivity contribution >= 4 is 5.69 Å². The molecule has 0 spiro atoms. The van der Waals surface area contributed by atoms with Crippen LogP contribution in [0.15, 0.2) is 18.2 Å². The minimum atomic E-state index is -0.142. The normalized spacial score (nSPS) is 17.7. The lowest BCUT2D eigenvalue weighted by atomic mass is 10.0. The molecule has 1 fully saturated rings. The predicted molar refractivity (Wildman–Crippen MR) is 83.4 cm³/mol. The smallest absolute Gasteiger partial charge is 0.146 e. The first-order valence-corrected chi connectivity index (χ1v) is 7.81. The van der Waals surface area contributed by atoms with Gasteiger partial charge in [-0.2, -0.15) is 0 Å². The van der Waals surface area contributed by atoms with E-state index in [1.807, 2.05) is 13.0 Å². The molecule has 0 saturated heterocycles. The highest BCUT2D eigenvalue weighted by Gasteiger charge is 2.27. The Hall–Kier alpha value is -1.09. The summed E-state index contributed by atoms with van der Waals surface area (Å²) in [5.74, 6) is 0.378. The molecule has 2 N–H and O–H groups in total. The summed E-state index contributed by atoms with van der Waals surface area (Å²) in [5, 5.41) is 0. The molecule has 0 aliphatic heterocycles. The van der Waals surface area contributed by atoms with Gasteiger partial charge >= 0.3 is 0 Å². The van der Waals surface area contributed by atoms with Crippen molar-refractivity contribution in [3.05, 3.63) is 29.6 Å². The predicted octanol–water partition coefficient (Wildman–Crippen LogP) is 4.25. The third-order valence-electron chi connectivity index (χ3n) is 4.12. The van der Waals surface area contributed by atoms with Gasteiger partial charge in [0.05, 0.1) is 5.69 Å². The summed E-state index contributed by atoms with van der Waals surface area (Å²) < 4.78 is 14.5. The van der Waals surface area contributed by atoms with Gasteiger partial charge < -0.3 is 10.6 Å². The maximum Gasteiger partial charge on any atom is 0.146 e. The third kappa shape index (κ3) is 3.32. The zero-order valence-corrected chi connectivity index (χ0v) is 12.9. The van der Waals surface area contributed by atoms with Gasteiger partial charge in [0.2, 0.25) is 0 Å². The topological polar surface area (TPSA) is 29.3 Å². The number of nitrogens with two attached hydrogens (primary N) is 1. The molecule has 0 unspecified atom stereocenters. The largest absolute Gasteiger partial charge is 0.366 e. The number of anilines is 1. The van der Waals surface area contributed by atoms with Crippen molar-refractivity contribution in [1.82, 2.24) is 0 Å². The first kappa shape index (κ1) is 15.3.